The highest BCUT2D eigenvalue weighted by Crippen LogP contribution is 2.28. The van der Waals surface area contributed by atoms with Crippen LogP contribution in [0.25, 0.3) is 22.4 Å². The van der Waals surface area contributed by atoms with Gasteiger partial charge >= 0.3 is 0 Å². The molecule has 4 aromatic rings. The number of benzene rings is 3. The number of aromatic nitrogens is 2. The van der Waals surface area contributed by atoms with E-state index in [0.29, 0.717) is 36.2 Å². The lowest BCUT2D eigenvalue weighted by molar-refractivity contribution is -0.126. The van der Waals surface area contributed by atoms with E-state index in [0.717, 1.165) is 11.1 Å². The average Bonchev–Trinajstić information content (AvgIpc) is 3.33. The second-order valence-corrected chi connectivity index (χ2v) is 10.9. The number of hydrogen-bond acceptors (Lipinski definition) is 4. The molecule has 0 aliphatic carbocycles. The van der Waals surface area contributed by atoms with E-state index in [-0.39, 0.29) is 29.3 Å². The summed E-state index contributed by atoms with van der Waals surface area (Å²) in [6, 6.07) is 24.3. The Labute approximate surface area is 205 Å². The minimum Gasteiger partial charge on any atom is -0.349 e. The number of fused-ring (bicyclic) bond motifs is 1. The lowest BCUT2D eigenvalue weighted by Gasteiger charge is -2.32. The van der Waals surface area contributed by atoms with Gasteiger partial charge in [0.15, 0.2) is 0 Å². The SMILES string of the molecule is C[C@H](NC(=O)[C@@H]1CCCN(S(=O)(=O)c2ccc3nc(-c4ccccc4)[nH]c3c2)C1)c1ccccc1. The maximum Gasteiger partial charge on any atom is 0.243 e. The molecule has 5 rings (SSSR count). The number of amides is 1. The number of nitrogens with zero attached hydrogens (tertiary/aromatic N) is 2. The molecule has 2 atom stereocenters. The van der Waals surface area contributed by atoms with E-state index in [2.05, 4.69) is 15.3 Å². The van der Waals surface area contributed by atoms with E-state index in [4.69, 9.17) is 0 Å². The Morgan fingerprint density at radius 3 is 2.51 bits per heavy atom. The van der Waals surface area contributed by atoms with Crippen molar-refractivity contribution in [3.05, 3.63) is 84.4 Å². The molecule has 7 nitrogen and oxygen atoms in total. The van der Waals surface area contributed by atoms with Crippen molar-refractivity contribution >= 4 is 27.0 Å². The third kappa shape index (κ3) is 4.85. The Morgan fingerprint density at radius 2 is 1.77 bits per heavy atom. The largest absolute Gasteiger partial charge is 0.349 e. The van der Waals surface area contributed by atoms with Crippen LogP contribution in [0.15, 0.2) is 83.8 Å². The molecule has 1 amide bonds. The lowest BCUT2D eigenvalue weighted by Crippen LogP contribution is -2.45. The van der Waals surface area contributed by atoms with Crippen LogP contribution in [0, 0.1) is 5.92 Å². The minimum atomic E-state index is -3.75. The van der Waals surface area contributed by atoms with Gasteiger partial charge in [-0.3, -0.25) is 4.79 Å². The Morgan fingerprint density at radius 1 is 1.06 bits per heavy atom. The zero-order valence-electron chi connectivity index (χ0n) is 19.5. The van der Waals surface area contributed by atoms with Crippen molar-refractivity contribution in [3.8, 4) is 11.4 Å². The summed E-state index contributed by atoms with van der Waals surface area (Å²) in [5, 5.41) is 3.05. The van der Waals surface area contributed by atoms with Gasteiger partial charge < -0.3 is 10.3 Å². The van der Waals surface area contributed by atoms with E-state index < -0.39 is 10.0 Å². The number of hydrogen-bond donors (Lipinski definition) is 2. The first kappa shape index (κ1) is 23.3. The van der Waals surface area contributed by atoms with Crippen LogP contribution in [0.1, 0.15) is 31.4 Å². The number of sulfonamides is 1. The molecule has 2 heterocycles. The molecule has 2 N–H and O–H groups in total. The first-order chi connectivity index (χ1) is 16.9. The second kappa shape index (κ2) is 9.64. The molecule has 0 radical (unpaired) electrons. The monoisotopic (exact) mass is 488 g/mol. The third-order valence-electron chi connectivity index (χ3n) is 6.55. The van der Waals surface area contributed by atoms with Crippen molar-refractivity contribution < 1.29 is 13.2 Å². The lowest BCUT2D eigenvalue weighted by atomic mass is 9.98. The fourth-order valence-electron chi connectivity index (χ4n) is 4.56. The van der Waals surface area contributed by atoms with Crippen molar-refractivity contribution in [2.45, 2.75) is 30.7 Å². The number of carbonyl (C=O) groups is 1. The van der Waals surface area contributed by atoms with Gasteiger partial charge in [-0.25, -0.2) is 13.4 Å². The molecular weight excluding hydrogens is 460 g/mol. The zero-order valence-corrected chi connectivity index (χ0v) is 20.3. The fraction of sp³-hybridized carbons (Fsp3) is 0.259. The van der Waals surface area contributed by atoms with Gasteiger partial charge in [0, 0.05) is 18.7 Å². The van der Waals surface area contributed by atoms with Crippen molar-refractivity contribution in [1.82, 2.24) is 19.6 Å². The number of rotatable bonds is 6. The van der Waals surface area contributed by atoms with E-state index in [1.807, 2.05) is 67.6 Å². The topological polar surface area (TPSA) is 95.2 Å². The molecule has 1 aromatic heterocycles. The Balaban J connectivity index is 1.33. The van der Waals surface area contributed by atoms with Crippen LogP contribution >= 0.6 is 0 Å². The summed E-state index contributed by atoms with van der Waals surface area (Å²) in [5.74, 6) is 0.195. The summed E-state index contributed by atoms with van der Waals surface area (Å²) in [4.78, 5) is 21.0. The van der Waals surface area contributed by atoms with Crippen molar-refractivity contribution in [2.24, 2.45) is 5.92 Å². The zero-order chi connectivity index (χ0) is 24.4. The Kier molecular flexibility index (Phi) is 6.40. The summed E-state index contributed by atoms with van der Waals surface area (Å²) in [6.45, 7) is 2.51. The molecule has 1 aliphatic rings. The quantitative estimate of drug-likeness (QED) is 0.418. The maximum atomic E-state index is 13.5. The number of aromatic amines is 1. The van der Waals surface area contributed by atoms with Crippen molar-refractivity contribution in [3.63, 3.8) is 0 Å². The van der Waals surface area contributed by atoms with E-state index in [9.17, 15) is 13.2 Å². The normalized spacial score (nSPS) is 17.8. The van der Waals surface area contributed by atoms with Gasteiger partial charge in [-0.15, -0.1) is 0 Å². The highest BCUT2D eigenvalue weighted by molar-refractivity contribution is 7.89. The van der Waals surface area contributed by atoms with Crippen LogP contribution < -0.4 is 5.32 Å². The van der Waals surface area contributed by atoms with Crippen molar-refractivity contribution in [1.29, 1.82) is 0 Å². The van der Waals surface area contributed by atoms with Crippen LogP contribution in [0.5, 0.6) is 0 Å². The molecule has 0 spiro atoms. The number of H-pyrrole nitrogens is 1. The number of nitrogens with one attached hydrogen (secondary N) is 2. The summed E-state index contributed by atoms with van der Waals surface area (Å²) in [5.41, 5.74) is 3.31. The van der Waals surface area contributed by atoms with E-state index >= 15 is 0 Å². The predicted molar refractivity (Wildman–Crippen MR) is 136 cm³/mol. The van der Waals surface area contributed by atoms with Gasteiger partial charge in [0.2, 0.25) is 15.9 Å². The molecule has 0 unspecified atom stereocenters. The molecule has 1 saturated heterocycles. The third-order valence-corrected chi connectivity index (χ3v) is 8.41. The van der Waals surface area contributed by atoms with Gasteiger partial charge in [-0.2, -0.15) is 4.31 Å². The second-order valence-electron chi connectivity index (χ2n) is 8.97. The standard InChI is InChI=1S/C27H28N4O3S/c1-19(20-9-4-2-5-10-20)28-27(32)22-13-8-16-31(18-22)35(33,34)23-14-15-24-25(17-23)30-26(29-24)21-11-6-3-7-12-21/h2-7,9-12,14-15,17,19,22H,8,13,16,18H2,1H3,(H,28,32)(H,29,30)/t19-,22+/m0/s1. The number of carbonyl (C=O) groups excluding carboxylic acids is 1. The molecule has 35 heavy (non-hydrogen) atoms. The summed E-state index contributed by atoms with van der Waals surface area (Å²) in [6.07, 6.45) is 1.31. The first-order valence-electron chi connectivity index (χ1n) is 11.8. The van der Waals surface area contributed by atoms with Gasteiger partial charge in [-0.05, 0) is 43.5 Å². The molecular formula is C27H28N4O3S. The van der Waals surface area contributed by atoms with Crippen LogP contribution in [0.2, 0.25) is 0 Å². The number of imidazole rings is 1. The van der Waals surface area contributed by atoms with Crippen LogP contribution in [-0.2, 0) is 14.8 Å². The summed E-state index contributed by atoms with van der Waals surface area (Å²) < 4.78 is 28.4. The van der Waals surface area contributed by atoms with E-state index in [1.165, 1.54) is 4.31 Å². The predicted octanol–water partition coefficient (Wildman–Crippen LogP) is 4.51. The van der Waals surface area contributed by atoms with Crippen molar-refractivity contribution in [2.75, 3.05) is 13.1 Å². The summed E-state index contributed by atoms with van der Waals surface area (Å²) >= 11 is 0. The maximum absolute atomic E-state index is 13.5. The molecule has 3 aromatic carbocycles. The Hall–Kier alpha value is -3.49. The average molecular weight is 489 g/mol. The smallest absolute Gasteiger partial charge is 0.243 e. The first-order valence-corrected chi connectivity index (χ1v) is 13.3. The number of piperidine rings is 1. The fourth-order valence-corrected chi connectivity index (χ4v) is 6.11. The molecule has 1 fully saturated rings. The van der Waals surface area contributed by atoms with Crippen LogP contribution in [0.3, 0.4) is 0 Å². The van der Waals surface area contributed by atoms with Gasteiger partial charge in [0.05, 0.1) is 27.9 Å². The molecule has 0 saturated carbocycles. The van der Waals surface area contributed by atoms with Gasteiger partial charge in [-0.1, -0.05) is 60.7 Å². The van der Waals surface area contributed by atoms with Crippen LogP contribution in [0.4, 0.5) is 0 Å². The van der Waals surface area contributed by atoms with Gasteiger partial charge in [0.1, 0.15) is 5.82 Å². The Bertz CT molecular complexity index is 1440. The highest BCUT2D eigenvalue weighted by atomic mass is 32.2. The highest BCUT2D eigenvalue weighted by Gasteiger charge is 2.34. The molecule has 0 bridgehead atoms. The van der Waals surface area contributed by atoms with E-state index in [1.54, 1.807) is 18.2 Å². The molecule has 180 valence electrons. The molecule has 1 aliphatic heterocycles. The molecule has 8 heteroatoms. The minimum absolute atomic E-state index is 0.113. The summed E-state index contributed by atoms with van der Waals surface area (Å²) in [7, 11) is -3.75. The van der Waals surface area contributed by atoms with Crippen LogP contribution in [-0.4, -0.2) is 41.7 Å². The van der Waals surface area contributed by atoms with Gasteiger partial charge in [0.25, 0.3) is 0 Å².